The van der Waals surface area contributed by atoms with E-state index in [0.29, 0.717) is 10.4 Å². The molecule has 0 aliphatic heterocycles. The van der Waals surface area contributed by atoms with Gasteiger partial charge in [0, 0.05) is 6.04 Å². The van der Waals surface area contributed by atoms with Crippen molar-refractivity contribution in [2.45, 2.75) is 46.5 Å². The summed E-state index contributed by atoms with van der Waals surface area (Å²) in [6.45, 7) is 6.55. The highest BCUT2D eigenvalue weighted by atomic mass is 79.9. The molecule has 1 unspecified atom stereocenters. The van der Waals surface area contributed by atoms with Gasteiger partial charge in [-0.15, -0.1) is 0 Å². The van der Waals surface area contributed by atoms with E-state index in [0.717, 1.165) is 0 Å². The van der Waals surface area contributed by atoms with Gasteiger partial charge in [-0.1, -0.05) is 20.8 Å². The third kappa shape index (κ3) is 4.50. The molecular weight excluding hydrogens is 339 g/mol. The van der Waals surface area contributed by atoms with E-state index in [1.807, 2.05) is 27.7 Å². The number of hydrogen-bond acceptors (Lipinski definition) is 3. The van der Waals surface area contributed by atoms with Crippen LogP contribution in [0.5, 0.6) is 0 Å². The number of alkyl halides is 3. The molecule has 0 aliphatic rings. The number of rotatable bonds is 3. The van der Waals surface area contributed by atoms with Gasteiger partial charge in [-0.2, -0.15) is 18.3 Å². The first-order valence-electron chi connectivity index (χ1n) is 6.01. The van der Waals surface area contributed by atoms with Gasteiger partial charge in [-0.25, -0.2) is 4.68 Å². The van der Waals surface area contributed by atoms with Crippen molar-refractivity contribution in [2.24, 2.45) is 5.41 Å². The van der Waals surface area contributed by atoms with Crippen LogP contribution in [0.15, 0.2) is 15.5 Å². The Morgan fingerprint density at radius 1 is 1.40 bits per heavy atom. The average molecular weight is 356 g/mol. The second-order valence-electron chi connectivity index (χ2n) is 5.68. The van der Waals surface area contributed by atoms with Crippen LogP contribution < -0.4 is 10.9 Å². The van der Waals surface area contributed by atoms with Crippen LogP contribution in [-0.2, 0) is 6.54 Å². The van der Waals surface area contributed by atoms with Crippen molar-refractivity contribution in [3.63, 3.8) is 0 Å². The van der Waals surface area contributed by atoms with Crippen molar-refractivity contribution in [1.29, 1.82) is 0 Å². The maximum Gasteiger partial charge on any atom is 0.408 e. The molecule has 0 spiro atoms. The third-order valence-corrected chi connectivity index (χ3v) is 3.75. The SMILES string of the molecule is CC(Nc1cnn(CC(F)(F)F)c(=O)c1Br)C(C)(C)C. The number of aromatic nitrogens is 2. The Morgan fingerprint density at radius 3 is 2.40 bits per heavy atom. The fraction of sp³-hybridized carbons (Fsp3) is 0.667. The molecular formula is C12H17BrF3N3O. The van der Waals surface area contributed by atoms with Gasteiger partial charge in [0.2, 0.25) is 0 Å². The lowest BCUT2D eigenvalue weighted by molar-refractivity contribution is -0.143. The molecule has 1 heterocycles. The Balaban J connectivity index is 3.04. The molecule has 1 aromatic rings. The molecule has 0 aromatic carbocycles. The number of nitrogens with zero attached hydrogens (tertiary/aromatic N) is 2. The van der Waals surface area contributed by atoms with E-state index in [-0.39, 0.29) is 15.9 Å². The normalized spacial score (nSPS) is 14.2. The smallest absolute Gasteiger partial charge is 0.380 e. The minimum atomic E-state index is -4.48. The third-order valence-electron chi connectivity index (χ3n) is 2.98. The van der Waals surface area contributed by atoms with E-state index in [4.69, 9.17) is 0 Å². The Hall–Kier alpha value is -1.05. The summed E-state index contributed by atoms with van der Waals surface area (Å²) in [6, 6.07) is 0.0125. The van der Waals surface area contributed by atoms with E-state index >= 15 is 0 Å². The van der Waals surface area contributed by atoms with E-state index in [2.05, 4.69) is 26.3 Å². The standard InChI is InChI=1S/C12H17BrF3N3O/c1-7(11(2,3)4)18-8-5-17-19(6-12(14,15)16)10(20)9(8)13/h5,7,18H,6H2,1-4H3. The van der Waals surface area contributed by atoms with Gasteiger partial charge in [-0.3, -0.25) is 4.79 Å². The summed E-state index contributed by atoms with van der Waals surface area (Å²) in [5.74, 6) is 0. The Bertz CT molecular complexity index is 534. The molecule has 114 valence electrons. The molecule has 0 saturated carbocycles. The van der Waals surface area contributed by atoms with Crippen LogP contribution >= 0.6 is 15.9 Å². The molecule has 4 nitrogen and oxygen atoms in total. The summed E-state index contributed by atoms with van der Waals surface area (Å²) in [5.41, 5.74) is -0.496. The number of halogens is 4. The summed E-state index contributed by atoms with van der Waals surface area (Å²) in [6.07, 6.45) is -3.26. The van der Waals surface area contributed by atoms with E-state index < -0.39 is 18.3 Å². The van der Waals surface area contributed by atoms with E-state index in [9.17, 15) is 18.0 Å². The van der Waals surface area contributed by atoms with Crippen molar-refractivity contribution in [2.75, 3.05) is 5.32 Å². The number of nitrogens with one attached hydrogen (secondary N) is 1. The summed E-state index contributed by atoms with van der Waals surface area (Å²) in [7, 11) is 0. The molecule has 1 rings (SSSR count). The largest absolute Gasteiger partial charge is 0.408 e. The Morgan fingerprint density at radius 2 is 1.95 bits per heavy atom. The molecule has 1 atom stereocenters. The lowest BCUT2D eigenvalue weighted by Gasteiger charge is -2.29. The second-order valence-corrected chi connectivity index (χ2v) is 6.48. The van der Waals surface area contributed by atoms with Crippen LogP contribution in [0.4, 0.5) is 18.9 Å². The summed E-state index contributed by atoms with van der Waals surface area (Å²) < 4.78 is 37.3. The van der Waals surface area contributed by atoms with Crippen molar-refractivity contribution in [3.8, 4) is 0 Å². The molecule has 1 aromatic heterocycles. The maximum absolute atomic E-state index is 12.3. The zero-order valence-corrected chi connectivity index (χ0v) is 13.3. The summed E-state index contributed by atoms with van der Waals surface area (Å²) >= 11 is 3.03. The van der Waals surface area contributed by atoms with Gasteiger partial charge in [0.15, 0.2) is 0 Å². The average Bonchev–Trinajstić information content (AvgIpc) is 2.25. The zero-order valence-electron chi connectivity index (χ0n) is 11.7. The van der Waals surface area contributed by atoms with E-state index in [1.54, 1.807) is 0 Å². The number of anilines is 1. The van der Waals surface area contributed by atoms with Crippen molar-refractivity contribution < 1.29 is 13.2 Å². The molecule has 0 amide bonds. The van der Waals surface area contributed by atoms with Gasteiger partial charge in [0.25, 0.3) is 5.56 Å². The van der Waals surface area contributed by atoms with Crippen LogP contribution in [0.25, 0.3) is 0 Å². The first kappa shape index (κ1) is 17.0. The Kier molecular flexibility index (Phi) is 4.89. The minimum absolute atomic E-state index is 0.0125. The van der Waals surface area contributed by atoms with Crippen molar-refractivity contribution in [1.82, 2.24) is 9.78 Å². The predicted molar refractivity (Wildman–Crippen MR) is 74.8 cm³/mol. The van der Waals surface area contributed by atoms with Crippen molar-refractivity contribution in [3.05, 3.63) is 21.0 Å². The molecule has 20 heavy (non-hydrogen) atoms. The predicted octanol–water partition coefficient (Wildman–Crippen LogP) is 3.41. The fourth-order valence-corrected chi connectivity index (χ4v) is 1.72. The first-order chi connectivity index (χ1) is 8.92. The fourth-order valence-electron chi connectivity index (χ4n) is 1.30. The molecule has 0 saturated heterocycles. The molecule has 0 radical (unpaired) electrons. The quantitative estimate of drug-likeness (QED) is 0.903. The molecule has 8 heteroatoms. The second kappa shape index (κ2) is 5.75. The zero-order chi connectivity index (χ0) is 15.7. The van der Waals surface area contributed by atoms with E-state index in [1.165, 1.54) is 6.20 Å². The van der Waals surface area contributed by atoms with Gasteiger partial charge in [-0.05, 0) is 28.3 Å². The van der Waals surface area contributed by atoms with Gasteiger partial charge < -0.3 is 5.32 Å². The lowest BCUT2D eigenvalue weighted by Crippen LogP contribution is -2.34. The summed E-state index contributed by atoms with van der Waals surface area (Å²) in [4.78, 5) is 11.8. The van der Waals surface area contributed by atoms with Crippen LogP contribution in [-0.4, -0.2) is 22.0 Å². The molecule has 0 bridgehead atoms. The maximum atomic E-state index is 12.3. The van der Waals surface area contributed by atoms with Gasteiger partial charge >= 0.3 is 6.18 Å². The highest BCUT2D eigenvalue weighted by molar-refractivity contribution is 9.10. The van der Waals surface area contributed by atoms with Gasteiger partial charge in [0.1, 0.15) is 11.0 Å². The first-order valence-corrected chi connectivity index (χ1v) is 6.80. The highest BCUT2D eigenvalue weighted by Crippen LogP contribution is 2.25. The van der Waals surface area contributed by atoms with Gasteiger partial charge in [0.05, 0.1) is 11.9 Å². The van der Waals surface area contributed by atoms with Crippen LogP contribution in [0.2, 0.25) is 0 Å². The Labute approximate surface area is 123 Å². The molecule has 0 aliphatic carbocycles. The topological polar surface area (TPSA) is 46.9 Å². The molecule has 0 fully saturated rings. The molecule has 1 N–H and O–H groups in total. The summed E-state index contributed by atoms with van der Waals surface area (Å²) in [5, 5.41) is 6.63. The number of hydrogen-bond donors (Lipinski definition) is 1. The lowest BCUT2D eigenvalue weighted by atomic mass is 9.88. The van der Waals surface area contributed by atoms with Crippen LogP contribution in [0.3, 0.4) is 0 Å². The van der Waals surface area contributed by atoms with Crippen LogP contribution in [0, 0.1) is 5.41 Å². The van der Waals surface area contributed by atoms with Crippen LogP contribution in [0.1, 0.15) is 27.7 Å². The monoisotopic (exact) mass is 355 g/mol. The van der Waals surface area contributed by atoms with Crippen molar-refractivity contribution >= 4 is 21.6 Å². The minimum Gasteiger partial charge on any atom is -0.380 e. The highest BCUT2D eigenvalue weighted by Gasteiger charge is 2.30.